The van der Waals surface area contributed by atoms with E-state index in [1.165, 1.54) is 96.7 Å². The normalized spacial score (nSPS) is 14.3. The molecule has 0 aliphatic carbocycles. The van der Waals surface area contributed by atoms with Crippen LogP contribution in [0.15, 0.2) is 160 Å². The molecule has 0 saturated carbocycles. The van der Waals surface area contributed by atoms with E-state index in [9.17, 15) is 25.9 Å². The maximum Gasteiger partial charge on any atom is 0.212 e. The second kappa shape index (κ2) is 29.2. The first-order chi connectivity index (χ1) is 38.5. The maximum atomic E-state index is 11.8. The number of para-hydroxylation sites is 4. The maximum absolute atomic E-state index is 11.8. The minimum Gasteiger partial charge on any atom is -0.744 e. The average molecular weight is 1180 g/mol. The Morgan fingerprint density at radius 1 is 0.519 bits per heavy atom. The summed E-state index contributed by atoms with van der Waals surface area (Å²) in [4.78, 5) is -1.20. The molecule has 0 radical (unpaired) electrons. The molecule has 13 nitrogen and oxygen atoms in total. The van der Waals surface area contributed by atoms with Gasteiger partial charge >= 0.3 is 0 Å². The Morgan fingerprint density at radius 3 is 1.35 bits per heavy atom. The summed E-state index contributed by atoms with van der Waals surface area (Å²) in [5, 5.41) is 14.5. The average Bonchev–Trinajstić information content (AvgIpc) is 3.99. The lowest BCUT2D eigenvalue weighted by atomic mass is 9.82. The highest BCUT2D eigenvalue weighted by molar-refractivity contribution is 7.86. The molecule has 6 aromatic rings. The molecule has 432 valence electrons. The fourth-order valence-corrected chi connectivity index (χ4v) is 11.8. The molecule has 2 aliphatic rings. The van der Waals surface area contributed by atoms with Crippen molar-refractivity contribution in [1.29, 1.82) is 0 Å². The van der Waals surface area contributed by atoms with Gasteiger partial charge < -0.3 is 13.8 Å². The number of benzene rings is 6. The van der Waals surface area contributed by atoms with E-state index in [2.05, 4.69) is 116 Å². The number of ether oxygens (including phenoxy) is 1. The van der Waals surface area contributed by atoms with E-state index >= 15 is 0 Å². The van der Waals surface area contributed by atoms with Gasteiger partial charge in [-0.3, -0.25) is 10.0 Å². The van der Waals surface area contributed by atoms with Gasteiger partial charge in [-0.2, -0.15) is 19.4 Å². The van der Waals surface area contributed by atoms with Gasteiger partial charge in [0.15, 0.2) is 0 Å². The molecule has 2 aliphatic heterocycles. The Hall–Kier alpha value is -6.20. The molecule has 81 heavy (non-hydrogen) atoms. The monoisotopic (exact) mass is 1180 g/mol. The molecule has 0 bridgehead atoms. The lowest BCUT2D eigenvalue weighted by Crippen LogP contribution is -2.31. The summed E-state index contributed by atoms with van der Waals surface area (Å²) in [6.45, 7) is 17.4. The topological polar surface area (TPSA) is 161 Å². The second-order valence-electron chi connectivity index (χ2n) is 21.2. The Labute approximate surface area is 491 Å². The third kappa shape index (κ3) is 16.7. The van der Waals surface area contributed by atoms with Crippen molar-refractivity contribution in [2.75, 3.05) is 37.2 Å². The summed E-state index contributed by atoms with van der Waals surface area (Å²) < 4.78 is 80.4. The zero-order chi connectivity index (χ0) is 59.0. The van der Waals surface area contributed by atoms with E-state index in [1.54, 1.807) is 6.07 Å². The Kier molecular flexibility index (Phi) is 23.0. The highest BCUT2D eigenvalue weighted by atomic mass is 35.5. The van der Waals surface area contributed by atoms with Crippen molar-refractivity contribution in [3.05, 3.63) is 166 Å². The number of fused-ring (bicyclic) bond motifs is 2. The van der Waals surface area contributed by atoms with Crippen molar-refractivity contribution in [2.24, 2.45) is 10.2 Å². The number of hydrazone groups is 2. The molecular formula is C64H78Cl2N6O7S2. The molecule has 0 spiro atoms. The molecule has 0 N–H and O–H groups in total. The summed E-state index contributed by atoms with van der Waals surface area (Å²) in [6.07, 6.45) is 15.8. The Bertz CT molecular complexity index is 3300. The molecule has 0 saturated heterocycles. The number of hydrogen-bond acceptors (Lipinski definition) is 11. The lowest BCUT2D eigenvalue weighted by molar-refractivity contribution is -0.432. The van der Waals surface area contributed by atoms with Gasteiger partial charge in [0.05, 0.1) is 32.0 Å². The molecule has 0 aromatic heterocycles. The van der Waals surface area contributed by atoms with Crippen molar-refractivity contribution in [3.63, 3.8) is 0 Å². The summed E-state index contributed by atoms with van der Waals surface area (Å²) in [5.74, 6) is -0.535. The molecule has 0 unspecified atom stereocenters. The zero-order valence-corrected chi connectivity index (χ0v) is 51.4. The van der Waals surface area contributed by atoms with Gasteiger partial charge in [0.1, 0.15) is 57.3 Å². The lowest BCUT2D eigenvalue weighted by Gasteiger charge is -2.20. The van der Waals surface area contributed by atoms with E-state index in [0.29, 0.717) is 12.0 Å². The van der Waals surface area contributed by atoms with Gasteiger partial charge in [-0.25, -0.2) is 16.8 Å². The summed E-state index contributed by atoms with van der Waals surface area (Å²) >= 11 is 11.9. The van der Waals surface area contributed by atoms with Crippen LogP contribution in [-0.2, 0) is 37.5 Å². The number of halogens is 2. The van der Waals surface area contributed by atoms with Gasteiger partial charge in [0, 0.05) is 47.4 Å². The molecule has 6 aromatic carbocycles. The first-order valence-electron chi connectivity index (χ1n) is 27.9. The fraction of sp³-hybridized carbons (Fsp3) is 0.375. The van der Waals surface area contributed by atoms with Crippen LogP contribution in [0.2, 0.25) is 10.0 Å². The molecular weight excluding hydrogens is 1100 g/mol. The minimum absolute atomic E-state index is 0.0586. The number of unbranched alkanes of at least 4 members (excludes halogenated alkanes) is 9. The van der Waals surface area contributed by atoms with E-state index in [4.69, 9.17) is 27.9 Å². The van der Waals surface area contributed by atoms with Crippen LogP contribution >= 0.6 is 23.2 Å². The third-order valence-corrected chi connectivity index (χ3v) is 17.0. The van der Waals surface area contributed by atoms with Gasteiger partial charge in [-0.05, 0) is 127 Å². The SMILES string of the molecule is CCCCCCCCCCCCc1cccc(S(=O)(=O)[O-])c1Oc1ccccc1S(=O)(=O)[O-].CC[N+]1=C(C=NN(C)c2ccc(Cl)cc2)C(C)(C)c2ccccc21.CC[N+]1=C(C=NN(C)c2ccc(Cl)cc2)C(C)(C)c2ccccc21. The van der Waals surface area contributed by atoms with Crippen molar-refractivity contribution < 1.29 is 39.8 Å². The number of rotatable bonds is 23. The van der Waals surface area contributed by atoms with Crippen LogP contribution in [-0.4, -0.2) is 86.1 Å². The number of anilines is 2. The van der Waals surface area contributed by atoms with E-state index < -0.39 is 30.0 Å². The van der Waals surface area contributed by atoms with Crippen LogP contribution in [0.25, 0.3) is 0 Å². The zero-order valence-electron chi connectivity index (χ0n) is 48.2. The van der Waals surface area contributed by atoms with Crippen molar-refractivity contribution in [2.45, 2.75) is 140 Å². The van der Waals surface area contributed by atoms with Crippen LogP contribution in [0, 0.1) is 0 Å². The molecule has 0 atom stereocenters. The highest BCUT2D eigenvalue weighted by Gasteiger charge is 2.45. The molecule has 2 heterocycles. The molecule has 17 heteroatoms. The van der Waals surface area contributed by atoms with Crippen molar-refractivity contribution in [3.8, 4) is 11.5 Å². The van der Waals surface area contributed by atoms with Gasteiger partial charge in [-0.15, -0.1) is 0 Å². The van der Waals surface area contributed by atoms with Gasteiger partial charge in [-0.1, -0.05) is 149 Å². The van der Waals surface area contributed by atoms with E-state index in [0.717, 1.165) is 72.3 Å². The summed E-state index contributed by atoms with van der Waals surface area (Å²) in [6, 6.07) is 42.0. The number of hydrogen-bond donors (Lipinski definition) is 0. The van der Waals surface area contributed by atoms with Crippen molar-refractivity contribution >= 4 is 90.0 Å². The van der Waals surface area contributed by atoms with Crippen LogP contribution in [0.4, 0.5) is 22.7 Å². The number of nitrogens with zero attached hydrogens (tertiary/aromatic N) is 6. The Balaban J connectivity index is 0.000000199. The van der Waals surface area contributed by atoms with Crippen LogP contribution in [0.3, 0.4) is 0 Å². The summed E-state index contributed by atoms with van der Waals surface area (Å²) in [5.41, 5.74) is 10.1. The fourth-order valence-electron chi connectivity index (χ4n) is 10.3. The quantitative estimate of drug-likeness (QED) is 0.0200. The van der Waals surface area contributed by atoms with Gasteiger partial charge in [0.25, 0.3) is 0 Å². The minimum atomic E-state index is -4.88. The number of aryl methyl sites for hydroxylation is 1. The van der Waals surface area contributed by atoms with E-state index in [-0.39, 0.29) is 22.3 Å². The van der Waals surface area contributed by atoms with Crippen LogP contribution in [0.5, 0.6) is 11.5 Å². The second-order valence-corrected chi connectivity index (χ2v) is 24.7. The smallest absolute Gasteiger partial charge is 0.212 e. The Morgan fingerprint density at radius 2 is 0.914 bits per heavy atom. The first-order valence-corrected chi connectivity index (χ1v) is 31.5. The van der Waals surface area contributed by atoms with E-state index in [1.807, 2.05) is 85.1 Å². The molecule has 8 rings (SSSR count). The van der Waals surface area contributed by atoms with Crippen LogP contribution < -0.4 is 14.8 Å². The van der Waals surface area contributed by atoms with Crippen LogP contribution in [0.1, 0.15) is 129 Å². The standard InChI is InChI=1S/C24H34O7S2.2C20H23ClN3/c1-2-3-4-5-6-7-8-9-10-11-15-20-16-14-19-23(33(28,29)30)24(20)31-21-17-12-13-18-22(21)32(25,26)27;2*1-5-24-18-9-7-6-8-17(18)20(2,3)19(24)14-22-23(4)16-12-10-15(21)11-13-16/h12-14,16-19H,2-11,15H2,1H3,(H,25,26,27)(H,28,29,30);2*6-14H,5H2,1-4H3/q;2*+1/p-2. The molecule has 0 amide bonds. The largest absolute Gasteiger partial charge is 0.744 e. The summed E-state index contributed by atoms with van der Waals surface area (Å²) in [7, 11) is -5.83. The first kappa shape index (κ1) is 64.0. The van der Waals surface area contributed by atoms with Crippen molar-refractivity contribution in [1.82, 2.24) is 0 Å². The predicted molar refractivity (Wildman–Crippen MR) is 331 cm³/mol. The molecule has 0 fully saturated rings. The van der Waals surface area contributed by atoms with Gasteiger partial charge in [0.2, 0.25) is 22.8 Å². The highest BCUT2D eigenvalue weighted by Crippen LogP contribution is 2.41. The predicted octanol–water partition coefficient (Wildman–Crippen LogP) is 15.5. The third-order valence-electron chi connectivity index (χ3n) is 14.8.